The molecule has 0 spiro atoms. The van der Waals surface area contributed by atoms with E-state index in [1.807, 2.05) is 13.1 Å². The molecule has 16 heavy (non-hydrogen) atoms. The van der Waals surface area contributed by atoms with Crippen LogP contribution in [-0.4, -0.2) is 13.1 Å². The largest absolute Gasteiger partial charge is 0.317 e. The summed E-state index contributed by atoms with van der Waals surface area (Å²) < 4.78 is 13.9. The Bertz CT molecular complexity index is 388. The summed E-state index contributed by atoms with van der Waals surface area (Å²) in [6.07, 6.45) is 3.55. The van der Waals surface area contributed by atoms with Crippen LogP contribution in [0.2, 0.25) is 0 Å². The Morgan fingerprint density at radius 1 is 1.50 bits per heavy atom. The monoisotopic (exact) mass is 285 g/mol. The van der Waals surface area contributed by atoms with Gasteiger partial charge in [0.25, 0.3) is 0 Å². The summed E-state index contributed by atoms with van der Waals surface area (Å²) in [5, 5.41) is 3.33. The third-order valence-corrected chi connectivity index (χ3v) is 4.54. The highest BCUT2D eigenvalue weighted by Gasteiger charge is 2.46. The van der Waals surface area contributed by atoms with Crippen LogP contribution in [0.4, 0.5) is 4.39 Å². The molecule has 1 nitrogen and oxygen atoms in total. The van der Waals surface area contributed by atoms with E-state index in [4.69, 9.17) is 0 Å². The summed E-state index contributed by atoms with van der Waals surface area (Å²) >= 11 is 3.44. The molecule has 1 unspecified atom stereocenters. The molecule has 1 aromatic carbocycles. The Hall–Kier alpha value is -0.410. The van der Waals surface area contributed by atoms with Gasteiger partial charge in [0.1, 0.15) is 5.82 Å². The van der Waals surface area contributed by atoms with Gasteiger partial charge < -0.3 is 5.32 Å². The first-order valence-corrected chi connectivity index (χ1v) is 6.48. The zero-order valence-corrected chi connectivity index (χ0v) is 11.3. The molecule has 0 amide bonds. The van der Waals surface area contributed by atoms with E-state index in [0.29, 0.717) is 11.5 Å². The fourth-order valence-electron chi connectivity index (χ4n) is 2.27. The van der Waals surface area contributed by atoms with E-state index in [2.05, 4.69) is 28.2 Å². The smallest absolute Gasteiger partial charge is 0.124 e. The van der Waals surface area contributed by atoms with Gasteiger partial charge >= 0.3 is 0 Å². The predicted molar refractivity (Wildman–Crippen MR) is 68.0 cm³/mol. The molecule has 0 radical (unpaired) electrons. The molecule has 0 aromatic heterocycles. The molecule has 1 atom stereocenters. The fraction of sp³-hybridized carbons (Fsp3) is 0.538. The second-order valence-electron chi connectivity index (χ2n) is 4.79. The van der Waals surface area contributed by atoms with E-state index >= 15 is 0 Å². The minimum absolute atomic E-state index is 0.179. The van der Waals surface area contributed by atoms with Crippen molar-refractivity contribution in [3.63, 3.8) is 0 Å². The maximum atomic E-state index is 13.0. The van der Waals surface area contributed by atoms with Gasteiger partial charge in [-0.3, -0.25) is 0 Å². The summed E-state index contributed by atoms with van der Waals surface area (Å²) in [4.78, 5) is 0. The van der Waals surface area contributed by atoms with E-state index in [0.717, 1.165) is 10.9 Å². The molecule has 2 rings (SSSR count). The first-order valence-electron chi connectivity index (χ1n) is 5.68. The maximum Gasteiger partial charge on any atom is 0.124 e. The second kappa shape index (κ2) is 4.46. The van der Waals surface area contributed by atoms with Crippen molar-refractivity contribution in [3.8, 4) is 0 Å². The Morgan fingerprint density at radius 2 is 2.19 bits per heavy atom. The first-order chi connectivity index (χ1) is 7.57. The lowest BCUT2D eigenvalue weighted by Crippen LogP contribution is -2.33. The number of hydrogen-bond donors (Lipinski definition) is 1. The van der Waals surface area contributed by atoms with Crippen LogP contribution in [0.5, 0.6) is 0 Å². The molecule has 88 valence electrons. The Balaban J connectivity index is 2.15. The van der Waals surface area contributed by atoms with Crippen LogP contribution in [0.15, 0.2) is 22.7 Å². The number of rotatable bonds is 4. The average Bonchev–Trinajstić information content (AvgIpc) is 3.02. The van der Waals surface area contributed by atoms with E-state index in [9.17, 15) is 4.39 Å². The van der Waals surface area contributed by atoms with E-state index < -0.39 is 0 Å². The van der Waals surface area contributed by atoms with Crippen molar-refractivity contribution >= 4 is 15.9 Å². The van der Waals surface area contributed by atoms with Gasteiger partial charge in [-0.05, 0) is 56.3 Å². The van der Waals surface area contributed by atoms with Crippen molar-refractivity contribution in [1.82, 2.24) is 5.32 Å². The minimum atomic E-state index is -0.179. The van der Waals surface area contributed by atoms with Crippen molar-refractivity contribution < 1.29 is 4.39 Å². The highest BCUT2D eigenvalue weighted by atomic mass is 79.9. The lowest BCUT2D eigenvalue weighted by molar-refractivity contribution is 0.369. The third-order valence-electron chi connectivity index (χ3n) is 3.80. The topological polar surface area (TPSA) is 12.0 Å². The van der Waals surface area contributed by atoms with Crippen molar-refractivity contribution in [3.05, 3.63) is 34.1 Å². The SMILES string of the molecule is CNC(C)C1(Cc2ccc(F)cc2Br)CC1. The lowest BCUT2D eigenvalue weighted by atomic mass is 9.90. The first kappa shape index (κ1) is 12.1. The number of benzene rings is 1. The summed E-state index contributed by atoms with van der Waals surface area (Å²) in [5.41, 5.74) is 1.59. The zero-order valence-electron chi connectivity index (χ0n) is 9.69. The van der Waals surface area contributed by atoms with Gasteiger partial charge in [0, 0.05) is 10.5 Å². The summed E-state index contributed by atoms with van der Waals surface area (Å²) in [6, 6.07) is 5.50. The van der Waals surface area contributed by atoms with E-state index in [-0.39, 0.29) is 5.82 Å². The third kappa shape index (κ3) is 2.30. The normalized spacial score (nSPS) is 19.5. The molecular formula is C13H17BrFN. The Morgan fingerprint density at radius 3 is 2.69 bits per heavy atom. The van der Waals surface area contributed by atoms with Gasteiger partial charge in [0.2, 0.25) is 0 Å². The van der Waals surface area contributed by atoms with E-state index in [1.54, 1.807) is 12.1 Å². The quantitative estimate of drug-likeness (QED) is 0.893. The van der Waals surface area contributed by atoms with Gasteiger partial charge in [-0.1, -0.05) is 22.0 Å². The van der Waals surface area contributed by atoms with Crippen molar-refractivity contribution in [2.45, 2.75) is 32.2 Å². The fourth-order valence-corrected chi connectivity index (χ4v) is 2.77. The van der Waals surface area contributed by atoms with Gasteiger partial charge in [-0.15, -0.1) is 0 Å². The van der Waals surface area contributed by atoms with Crippen molar-refractivity contribution in [2.75, 3.05) is 7.05 Å². The highest BCUT2D eigenvalue weighted by molar-refractivity contribution is 9.10. The lowest BCUT2D eigenvalue weighted by Gasteiger charge is -2.23. The summed E-state index contributed by atoms with van der Waals surface area (Å²) in [7, 11) is 2.00. The van der Waals surface area contributed by atoms with Crippen LogP contribution >= 0.6 is 15.9 Å². The van der Waals surface area contributed by atoms with Crippen LogP contribution in [0, 0.1) is 11.2 Å². The second-order valence-corrected chi connectivity index (χ2v) is 5.64. The molecule has 0 heterocycles. The van der Waals surface area contributed by atoms with Crippen molar-refractivity contribution in [1.29, 1.82) is 0 Å². The van der Waals surface area contributed by atoms with Gasteiger partial charge in [-0.2, -0.15) is 0 Å². The molecule has 1 N–H and O–H groups in total. The Kier molecular flexibility index (Phi) is 3.36. The van der Waals surface area contributed by atoms with Crippen LogP contribution in [0.3, 0.4) is 0 Å². The zero-order chi connectivity index (χ0) is 11.8. The van der Waals surface area contributed by atoms with Crippen LogP contribution < -0.4 is 5.32 Å². The van der Waals surface area contributed by atoms with Gasteiger partial charge in [-0.25, -0.2) is 4.39 Å². The molecule has 0 bridgehead atoms. The molecule has 1 saturated carbocycles. The number of hydrogen-bond acceptors (Lipinski definition) is 1. The van der Waals surface area contributed by atoms with Gasteiger partial charge in [0.05, 0.1) is 0 Å². The molecule has 0 aliphatic heterocycles. The van der Waals surface area contributed by atoms with E-state index in [1.165, 1.54) is 18.4 Å². The summed E-state index contributed by atoms with van der Waals surface area (Å²) in [5.74, 6) is -0.179. The van der Waals surface area contributed by atoms with Crippen LogP contribution in [-0.2, 0) is 6.42 Å². The number of halogens is 2. The molecule has 1 fully saturated rings. The predicted octanol–water partition coefficient (Wildman–Crippen LogP) is 3.52. The minimum Gasteiger partial charge on any atom is -0.317 e. The average molecular weight is 286 g/mol. The number of nitrogens with one attached hydrogen (secondary N) is 1. The van der Waals surface area contributed by atoms with Crippen LogP contribution in [0.25, 0.3) is 0 Å². The maximum absolute atomic E-state index is 13.0. The standard InChI is InChI=1S/C13H17BrFN/c1-9(16-2)13(5-6-13)8-10-3-4-11(15)7-12(10)14/h3-4,7,9,16H,5-6,8H2,1-2H3. The van der Waals surface area contributed by atoms with Gasteiger partial charge in [0.15, 0.2) is 0 Å². The van der Waals surface area contributed by atoms with Crippen LogP contribution in [0.1, 0.15) is 25.3 Å². The Labute approximate surface area is 105 Å². The molecule has 1 aliphatic rings. The molecule has 1 aliphatic carbocycles. The molecule has 3 heteroatoms. The highest BCUT2D eigenvalue weighted by Crippen LogP contribution is 2.51. The molecular weight excluding hydrogens is 269 g/mol. The van der Waals surface area contributed by atoms with Crippen molar-refractivity contribution in [2.24, 2.45) is 5.41 Å². The summed E-state index contributed by atoms with van der Waals surface area (Å²) in [6.45, 7) is 2.23. The molecule has 0 saturated heterocycles. The molecule has 1 aromatic rings.